The molecule has 1 aliphatic carbocycles. The van der Waals surface area contributed by atoms with Gasteiger partial charge in [-0.2, -0.15) is 5.10 Å². The third-order valence-electron chi connectivity index (χ3n) is 4.21. The molecule has 0 saturated heterocycles. The second kappa shape index (κ2) is 6.50. The number of aliphatic hydroxyl groups is 1. The van der Waals surface area contributed by atoms with E-state index in [-0.39, 0.29) is 12.6 Å². The van der Waals surface area contributed by atoms with Gasteiger partial charge in [0.2, 0.25) is 0 Å². The summed E-state index contributed by atoms with van der Waals surface area (Å²) in [6.07, 6.45) is 3.62. The molecule has 0 spiro atoms. The van der Waals surface area contributed by atoms with E-state index in [1.807, 2.05) is 36.0 Å². The van der Waals surface area contributed by atoms with Crippen LogP contribution in [0.15, 0.2) is 24.4 Å². The second-order valence-corrected chi connectivity index (χ2v) is 5.93. The summed E-state index contributed by atoms with van der Waals surface area (Å²) in [6, 6.07) is 5.91. The third-order valence-corrected chi connectivity index (χ3v) is 4.21. The first-order valence-corrected chi connectivity index (χ1v) is 7.93. The molecule has 2 heterocycles. The first-order valence-electron chi connectivity index (χ1n) is 7.93. The highest BCUT2D eigenvalue weighted by Gasteiger charge is 2.32. The Labute approximate surface area is 135 Å². The van der Waals surface area contributed by atoms with E-state index in [2.05, 4.69) is 10.1 Å². The number of ether oxygens (including phenoxy) is 1. The van der Waals surface area contributed by atoms with Crippen LogP contribution in [-0.2, 0) is 4.74 Å². The highest BCUT2D eigenvalue weighted by Crippen LogP contribution is 2.38. The number of hydrogen-bond donors (Lipinski definition) is 1. The molecule has 1 aliphatic rings. The number of carbonyl (C=O) groups is 1. The number of esters is 1. The fraction of sp³-hybridized carbons (Fsp3) is 0.471. The van der Waals surface area contributed by atoms with E-state index in [0.29, 0.717) is 23.8 Å². The van der Waals surface area contributed by atoms with Crippen LogP contribution in [0, 0.1) is 12.8 Å². The normalized spacial score (nSPS) is 20.1. The summed E-state index contributed by atoms with van der Waals surface area (Å²) in [7, 11) is 0. The van der Waals surface area contributed by atoms with Crippen molar-refractivity contribution in [3.63, 3.8) is 0 Å². The van der Waals surface area contributed by atoms with Crippen molar-refractivity contribution in [1.29, 1.82) is 0 Å². The lowest BCUT2D eigenvalue weighted by atomic mass is 9.81. The minimum Gasteiger partial charge on any atom is -0.461 e. The molecule has 0 radical (unpaired) electrons. The van der Waals surface area contributed by atoms with Gasteiger partial charge in [-0.05, 0) is 44.7 Å². The molecule has 2 aromatic rings. The van der Waals surface area contributed by atoms with Gasteiger partial charge < -0.3 is 9.84 Å². The Hall–Kier alpha value is -2.21. The summed E-state index contributed by atoms with van der Waals surface area (Å²) >= 11 is 0. The number of carbonyl (C=O) groups excluding carboxylic acids is 1. The Morgan fingerprint density at radius 3 is 2.87 bits per heavy atom. The van der Waals surface area contributed by atoms with E-state index < -0.39 is 5.97 Å². The summed E-state index contributed by atoms with van der Waals surface area (Å²) in [6.45, 7) is 4.20. The first kappa shape index (κ1) is 15.7. The van der Waals surface area contributed by atoms with Crippen molar-refractivity contribution in [2.75, 3.05) is 13.2 Å². The van der Waals surface area contributed by atoms with E-state index in [1.54, 1.807) is 6.92 Å². The summed E-state index contributed by atoms with van der Waals surface area (Å²) in [4.78, 5) is 16.7. The van der Waals surface area contributed by atoms with Crippen molar-refractivity contribution >= 4 is 5.97 Å². The number of aliphatic hydroxyl groups excluding tert-OH is 1. The number of aryl methyl sites for hydroxylation is 1. The topological polar surface area (TPSA) is 77.2 Å². The van der Waals surface area contributed by atoms with Gasteiger partial charge in [-0.25, -0.2) is 4.79 Å². The van der Waals surface area contributed by atoms with E-state index in [4.69, 9.17) is 9.84 Å². The highest BCUT2D eigenvalue weighted by atomic mass is 16.5. The zero-order chi connectivity index (χ0) is 16.4. The monoisotopic (exact) mass is 315 g/mol. The third kappa shape index (κ3) is 3.12. The van der Waals surface area contributed by atoms with Gasteiger partial charge in [-0.3, -0.25) is 9.67 Å². The molecule has 3 rings (SSSR count). The number of aromatic nitrogens is 3. The molecular weight excluding hydrogens is 294 g/mol. The van der Waals surface area contributed by atoms with Crippen LogP contribution < -0.4 is 0 Å². The predicted molar refractivity (Wildman–Crippen MR) is 85.0 cm³/mol. The minimum absolute atomic E-state index is 0.203. The number of hydrogen-bond acceptors (Lipinski definition) is 5. The molecule has 122 valence electrons. The van der Waals surface area contributed by atoms with Gasteiger partial charge in [0.05, 0.1) is 23.9 Å². The molecular formula is C17H21N3O3. The second-order valence-electron chi connectivity index (χ2n) is 5.93. The SMILES string of the molecule is CCOC(=O)c1nn([C@H]2C[C@H](CO)C2)cc1-c1cccc(C)n1. The van der Waals surface area contributed by atoms with E-state index in [0.717, 1.165) is 24.2 Å². The van der Waals surface area contributed by atoms with Crippen LogP contribution in [0.5, 0.6) is 0 Å². The molecule has 1 fully saturated rings. The zero-order valence-electron chi connectivity index (χ0n) is 13.4. The maximum atomic E-state index is 12.2. The van der Waals surface area contributed by atoms with Crippen LogP contribution in [0.1, 0.15) is 42.0 Å². The molecule has 2 aromatic heterocycles. The van der Waals surface area contributed by atoms with Crippen LogP contribution in [0.4, 0.5) is 0 Å². The predicted octanol–water partition coefficient (Wildman–Crippen LogP) is 2.37. The molecule has 0 atom stereocenters. The Kier molecular flexibility index (Phi) is 4.43. The number of rotatable bonds is 5. The highest BCUT2D eigenvalue weighted by molar-refractivity contribution is 5.94. The van der Waals surface area contributed by atoms with Crippen LogP contribution in [0.3, 0.4) is 0 Å². The Balaban J connectivity index is 1.96. The Bertz CT molecular complexity index is 705. The average molecular weight is 315 g/mol. The molecule has 1 N–H and O–H groups in total. The van der Waals surface area contributed by atoms with Crippen molar-refractivity contribution in [3.8, 4) is 11.3 Å². The maximum Gasteiger partial charge on any atom is 0.359 e. The van der Waals surface area contributed by atoms with Crippen molar-refractivity contribution in [1.82, 2.24) is 14.8 Å². The summed E-state index contributed by atoms with van der Waals surface area (Å²) in [5.74, 6) is -0.0987. The molecule has 0 unspecified atom stereocenters. The number of nitrogens with zero attached hydrogens (tertiary/aromatic N) is 3. The van der Waals surface area contributed by atoms with E-state index in [9.17, 15) is 4.79 Å². The van der Waals surface area contributed by atoms with Gasteiger partial charge in [-0.15, -0.1) is 0 Å². The molecule has 0 amide bonds. The van der Waals surface area contributed by atoms with Crippen LogP contribution in [0.25, 0.3) is 11.3 Å². The Morgan fingerprint density at radius 2 is 2.22 bits per heavy atom. The minimum atomic E-state index is -0.428. The molecule has 23 heavy (non-hydrogen) atoms. The lowest BCUT2D eigenvalue weighted by molar-refractivity contribution is 0.0515. The molecule has 0 aromatic carbocycles. The van der Waals surface area contributed by atoms with Crippen LogP contribution in [0.2, 0.25) is 0 Å². The standard InChI is InChI=1S/C17H21N3O3/c1-3-23-17(22)16-14(15-6-4-5-11(2)18-15)9-20(19-16)13-7-12(8-13)10-21/h4-6,9,12-13,21H,3,7-8,10H2,1-2H3/t12-,13-. The average Bonchev–Trinajstić information content (AvgIpc) is 2.91. The van der Waals surface area contributed by atoms with Gasteiger partial charge in [-0.1, -0.05) is 6.07 Å². The lowest BCUT2D eigenvalue weighted by Gasteiger charge is -2.34. The van der Waals surface area contributed by atoms with Crippen LogP contribution >= 0.6 is 0 Å². The molecule has 1 saturated carbocycles. The fourth-order valence-electron chi connectivity index (χ4n) is 2.87. The Morgan fingerprint density at radius 1 is 1.43 bits per heavy atom. The van der Waals surface area contributed by atoms with Crippen molar-refractivity contribution < 1.29 is 14.6 Å². The summed E-state index contributed by atoms with van der Waals surface area (Å²) in [5, 5.41) is 13.6. The number of pyridine rings is 1. The summed E-state index contributed by atoms with van der Waals surface area (Å²) < 4.78 is 6.94. The van der Waals surface area contributed by atoms with Gasteiger partial charge in [0.15, 0.2) is 5.69 Å². The molecule has 0 aliphatic heterocycles. The largest absolute Gasteiger partial charge is 0.461 e. The molecule has 0 bridgehead atoms. The van der Waals surface area contributed by atoms with Crippen molar-refractivity contribution in [2.45, 2.75) is 32.7 Å². The first-order chi connectivity index (χ1) is 11.1. The van der Waals surface area contributed by atoms with E-state index in [1.165, 1.54) is 0 Å². The summed E-state index contributed by atoms with van der Waals surface area (Å²) in [5.41, 5.74) is 2.60. The quantitative estimate of drug-likeness (QED) is 0.857. The van der Waals surface area contributed by atoms with Crippen molar-refractivity contribution in [2.24, 2.45) is 5.92 Å². The lowest BCUT2D eigenvalue weighted by Crippen LogP contribution is -2.29. The van der Waals surface area contributed by atoms with Gasteiger partial charge in [0, 0.05) is 18.5 Å². The molecule has 6 nitrogen and oxygen atoms in total. The zero-order valence-corrected chi connectivity index (χ0v) is 13.4. The van der Waals surface area contributed by atoms with Gasteiger partial charge in [0.25, 0.3) is 0 Å². The van der Waals surface area contributed by atoms with Crippen molar-refractivity contribution in [3.05, 3.63) is 35.8 Å². The van der Waals surface area contributed by atoms with Gasteiger partial charge in [0.1, 0.15) is 0 Å². The smallest absolute Gasteiger partial charge is 0.359 e. The van der Waals surface area contributed by atoms with Gasteiger partial charge >= 0.3 is 5.97 Å². The maximum absolute atomic E-state index is 12.2. The fourth-order valence-corrected chi connectivity index (χ4v) is 2.87. The molecule has 6 heteroatoms. The van der Waals surface area contributed by atoms with Crippen LogP contribution in [-0.4, -0.2) is 39.1 Å². The van der Waals surface area contributed by atoms with E-state index >= 15 is 0 Å².